The summed E-state index contributed by atoms with van der Waals surface area (Å²) in [5.41, 5.74) is 2.69. The van der Waals surface area contributed by atoms with Crippen molar-refractivity contribution in [1.29, 1.82) is 0 Å². The van der Waals surface area contributed by atoms with Crippen LogP contribution in [0, 0.1) is 0 Å². The SMILES string of the molecule is CCN(CC)Cc1cc(N=c2sc(-c3ccc(Cl)cc3)nn2C)ccc1O. The van der Waals surface area contributed by atoms with Crippen molar-refractivity contribution in [3.8, 4) is 16.3 Å². The third-order valence-corrected chi connectivity index (χ3v) is 5.67. The van der Waals surface area contributed by atoms with E-state index in [0.717, 1.165) is 39.7 Å². The van der Waals surface area contributed by atoms with Crippen molar-refractivity contribution in [2.45, 2.75) is 20.4 Å². The Kier molecular flexibility index (Phi) is 6.31. The summed E-state index contributed by atoms with van der Waals surface area (Å²) >= 11 is 7.48. The summed E-state index contributed by atoms with van der Waals surface area (Å²) in [6, 6.07) is 13.1. The molecular formula is C20H23ClN4OS. The standard InChI is InChI=1S/C20H23ClN4OS/c1-4-25(5-2)13-15-12-17(10-11-18(15)26)22-20-24(3)23-19(27-20)14-6-8-16(21)9-7-14/h6-12,26H,4-5,13H2,1-3H3. The van der Waals surface area contributed by atoms with Crippen molar-refractivity contribution in [2.75, 3.05) is 13.1 Å². The number of nitrogens with zero attached hydrogens (tertiary/aromatic N) is 4. The van der Waals surface area contributed by atoms with Gasteiger partial charge in [-0.15, -0.1) is 0 Å². The minimum absolute atomic E-state index is 0.302. The van der Waals surface area contributed by atoms with Crippen LogP contribution >= 0.6 is 22.9 Å². The Labute approximate surface area is 168 Å². The number of hydrogen-bond donors (Lipinski definition) is 1. The number of rotatable bonds is 6. The number of hydrogen-bond acceptors (Lipinski definition) is 5. The number of aromatic nitrogens is 2. The van der Waals surface area contributed by atoms with Gasteiger partial charge in [0.25, 0.3) is 0 Å². The lowest BCUT2D eigenvalue weighted by Gasteiger charge is -2.18. The Morgan fingerprint density at radius 3 is 2.52 bits per heavy atom. The second-order valence-corrected chi connectivity index (χ2v) is 7.60. The van der Waals surface area contributed by atoms with E-state index in [1.54, 1.807) is 10.7 Å². The van der Waals surface area contributed by atoms with Crippen molar-refractivity contribution in [1.82, 2.24) is 14.7 Å². The molecule has 0 fully saturated rings. The van der Waals surface area contributed by atoms with Gasteiger partial charge in [0.1, 0.15) is 10.8 Å². The Balaban J connectivity index is 1.94. The number of benzene rings is 2. The molecule has 3 rings (SSSR count). The average molecular weight is 403 g/mol. The van der Waals surface area contributed by atoms with Crippen molar-refractivity contribution in [3.05, 3.63) is 57.9 Å². The second-order valence-electron chi connectivity index (χ2n) is 6.21. The molecule has 0 amide bonds. The summed E-state index contributed by atoms with van der Waals surface area (Å²) in [5.74, 6) is 0.302. The molecule has 0 aliphatic carbocycles. The number of phenolic OH excluding ortho intramolecular Hbond substituents is 1. The minimum atomic E-state index is 0.302. The van der Waals surface area contributed by atoms with Gasteiger partial charge in [-0.3, -0.25) is 4.90 Å². The van der Waals surface area contributed by atoms with E-state index < -0.39 is 0 Å². The topological polar surface area (TPSA) is 53.7 Å². The van der Waals surface area contributed by atoms with Crippen LogP contribution in [-0.2, 0) is 13.6 Å². The van der Waals surface area contributed by atoms with E-state index in [9.17, 15) is 5.11 Å². The van der Waals surface area contributed by atoms with Gasteiger partial charge in [-0.05, 0) is 43.4 Å². The maximum absolute atomic E-state index is 10.2. The zero-order chi connectivity index (χ0) is 19.4. The molecule has 5 nitrogen and oxygen atoms in total. The highest BCUT2D eigenvalue weighted by molar-refractivity contribution is 7.12. The van der Waals surface area contributed by atoms with Crippen molar-refractivity contribution >= 4 is 28.6 Å². The summed E-state index contributed by atoms with van der Waals surface area (Å²) in [7, 11) is 1.88. The van der Waals surface area contributed by atoms with Crippen molar-refractivity contribution in [2.24, 2.45) is 12.0 Å². The highest BCUT2D eigenvalue weighted by atomic mass is 35.5. The van der Waals surface area contributed by atoms with Crippen LogP contribution in [0.5, 0.6) is 5.75 Å². The lowest BCUT2D eigenvalue weighted by Crippen LogP contribution is -2.22. The molecule has 0 spiro atoms. The summed E-state index contributed by atoms with van der Waals surface area (Å²) in [5, 5.41) is 16.3. The molecule has 0 unspecified atom stereocenters. The number of aromatic hydroxyl groups is 1. The summed E-state index contributed by atoms with van der Waals surface area (Å²) < 4.78 is 1.77. The van der Waals surface area contributed by atoms with E-state index >= 15 is 0 Å². The van der Waals surface area contributed by atoms with Gasteiger partial charge >= 0.3 is 0 Å². The van der Waals surface area contributed by atoms with Gasteiger partial charge in [0.2, 0.25) is 4.80 Å². The van der Waals surface area contributed by atoms with Gasteiger partial charge in [0.15, 0.2) is 0 Å². The maximum Gasteiger partial charge on any atom is 0.208 e. The first-order valence-electron chi connectivity index (χ1n) is 8.89. The smallest absolute Gasteiger partial charge is 0.208 e. The van der Waals surface area contributed by atoms with Crippen LogP contribution in [0.25, 0.3) is 10.6 Å². The van der Waals surface area contributed by atoms with Crippen molar-refractivity contribution < 1.29 is 5.11 Å². The highest BCUT2D eigenvalue weighted by Crippen LogP contribution is 2.25. The number of phenols is 1. The largest absolute Gasteiger partial charge is 0.508 e. The van der Waals surface area contributed by atoms with Crippen molar-refractivity contribution in [3.63, 3.8) is 0 Å². The van der Waals surface area contributed by atoms with Gasteiger partial charge in [0.05, 0.1) is 5.69 Å². The Morgan fingerprint density at radius 2 is 1.85 bits per heavy atom. The maximum atomic E-state index is 10.2. The third kappa shape index (κ3) is 4.77. The monoisotopic (exact) mass is 402 g/mol. The van der Waals surface area contributed by atoms with E-state index in [4.69, 9.17) is 16.6 Å². The zero-order valence-corrected chi connectivity index (χ0v) is 17.3. The molecule has 3 aromatic rings. The first-order valence-corrected chi connectivity index (χ1v) is 10.1. The molecule has 0 bridgehead atoms. The van der Waals surface area contributed by atoms with E-state index in [1.807, 2.05) is 43.4 Å². The summed E-state index contributed by atoms with van der Waals surface area (Å²) in [6.07, 6.45) is 0. The van der Waals surface area contributed by atoms with Gasteiger partial charge < -0.3 is 5.11 Å². The lowest BCUT2D eigenvalue weighted by atomic mass is 10.1. The molecule has 0 radical (unpaired) electrons. The minimum Gasteiger partial charge on any atom is -0.508 e. The predicted octanol–water partition coefficient (Wildman–Crippen LogP) is 4.58. The zero-order valence-electron chi connectivity index (χ0n) is 15.7. The molecule has 27 heavy (non-hydrogen) atoms. The molecule has 0 atom stereocenters. The predicted molar refractivity (Wildman–Crippen MR) is 111 cm³/mol. The first-order chi connectivity index (χ1) is 13.0. The van der Waals surface area contributed by atoms with Gasteiger partial charge in [-0.1, -0.05) is 48.9 Å². The van der Waals surface area contributed by atoms with E-state index in [-0.39, 0.29) is 0 Å². The fourth-order valence-electron chi connectivity index (χ4n) is 2.72. The average Bonchev–Trinajstić information content (AvgIpc) is 3.03. The fourth-order valence-corrected chi connectivity index (χ4v) is 3.76. The van der Waals surface area contributed by atoms with Crippen LogP contribution in [0.4, 0.5) is 5.69 Å². The van der Waals surface area contributed by atoms with Crippen LogP contribution in [-0.4, -0.2) is 32.9 Å². The quantitative estimate of drug-likeness (QED) is 0.656. The van der Waals surface area contributed by atoms with E-state index in [1.165, 1.54) is 11.3 Å². The highest BCUT2D eigenvalue weighted by Gasteiger charge is 2.09. The molecule has 0 aliphatic rings. The summed E-state index contributed by atoms with van der Waals surface area (Å²) in [4.78, 5) is 7.77. The molecule has 0 saturated heterocycles. The molecule has 7 heteroatoms. The van der Waals surface area contributed by atoms with Gasteiger partial charge in [0, 0.05) is 29.7 Å². The number of aryl methyl sites for hydroxylation is 1. The molecule has 2 aromatic carbocycles. The van der Waals surface area contributed by atoms with Crippen LogP contribution in [0.1, 0.15) is 19.4 Å². The van der Waals surface area contributed by atoms with Crippen LogP contribution < -0.4 is 4.80 Å². The molecule has 1 N–H and O–H groups in total. The fraction of sp³-hybridized carbons (Fsp3) is 0.300. The van der Waals surface area contributed by atoms with Gasteiger partial charge in [-0.25, -0.2) is 9.67 Å². The first kappa shape index (κ1) is 19.6. The van der Waals surface area contributed by atoms with Crippen LogP contribution in [0.15, 0.2) is 47.5 Å². The second kappa shape index (κ2) is 8.69. The lowest BCUT2D eigenvalue weighted by molar-refractivity contribution is 0.291. The van der Waals surface area contributed by atoms with Crippen LogP contribution in [0.2, 0.25) is 5.02 Å². The Morgan fingerprint density at radius 1 is 1.15 bits per heavy atom. The number of halogens is 1. The van der Waals surface area contributed by atoms with Crippen LogP contribution in [0.3, 0.4) is 0 Å². The van der Waals surface area contributed by atoms with E-state index in [0.29, 0.717) is 17.3 Å². The molecule has 1 aromatic heterocycles. The normalized spacial score (nSPS) is 12.1. The molecular weight excluding hydrogens is 380 g/mol. The van der Waals surface area contributed by atoms with E-state index in [2.05, 4.69) is 23.8 Å². The summed E-state index contributed by atoms with van der Waals surface area (Å²) in [6.45, 7) is 6.80. The molecule has 142 valence electrons. The molecule has 0 aliphatic heterocycles. The molecule has 0 saturated carbocycles. The van der Waals surface area contributed by atoms with Gasteiger partial charge in [-0.2, -0.15) is 5.10 Å². The third-order valence-electron chi connectivity index (χ3n) is 4.37. The Hall–Kier alpha value is -2.15. The molecule has 1 heterocycles. The Bertz CT molecular complexity index is 974.